The predicted octanol–water partition coefficient (Wildman–Crippen LogP) is 2.68. The molecular formula is C12H16O3. The molecule has 0 radical (unpaired) electrons. The van der Waals surface area contributed by atoms with Crippen LogP contribution < -0.4 is 9.47 Å². The Morgan fingerprint density at radius 2 is 1.93 bits per heavy atom. The molecule has 0 heterocycles. The van der Waals surface area contributed by atoms with E-state index in [-0.39, 0.29) is 5.75 Å². The monoisotopic (exact) mass is 208 g/mol. The van der Waals surface area contributed by atoms with Gasteiger partial charge >= 0.3 is 0 Å². The third kappa shape index (κ3) is 1.62. The van der Waals surface area contributed by atoms with E-state index >= 15 is 0 Å². The average Bonchev–Trinajstić information content (AvgIpc) is 2.16. The fourth-order valence-corrected chi connectivity index (χ4v) is 1.99. The Morgan fingerprint density at radius 1 is 1.20 bits per heavy atom. The quantitative estimate of drug-likeness (QED) is 0.830. The minimum atomic E-state index is 0.115. The van der Waals surface area contributed by atoms with Gasteiger partial charge in [0, 0.05) is 5.56 Å². The van der Waals surface area contributed by atoms with Crippen LogP contribution in [-0.4, -0.2) is 19.3 Å². The molecular weight excluding hydrogens is 192 g/mol. The summed E-state index contributed by atoms with van der Waals surface area (Å²) in [5.41, 5.74) is 1.10. The number of benzene rings is 1. The van der Waals surface area contributed by atoms with Gasteiger partial charge in [-0.15, -0.1) is 0 Å². The molecule has 15 heavy (non-hydrogen) atoms. The van der Waals surface area contributed by atoms with E-state index in [0.29, 0.717) is 17.4 Å². The zero-order valence-corrected chi connectivity index (χ0v) is 9.12. The van der Waals surface area contributed by atoms with Gasteiger partial charge in [-0.1, -0.05) is 12.5 Å². The molecule has 0 spiro atoms. The third-order valence-corrected chi connectivity index (χ3v) is 3.09. The SMILES string of the molecule is COc1ccc(C2CCC2)c(OC)c1O. The fourth-order valence-electron chi connectivity index (χ4n) is 1.99. The summed E-state index contributed by atoms with van der Waals surface area (Å²) in [4.78, 5) is 0. The van der Waals surface area contributed by atoms with Gasteiger partial charge in [0.25, 0.3) is 0 Å². The second-order valence-electron chi connectivity index (χ2n) is 3.87. The van der Waals surface area contributed by atoms with Crippen LogP contribution in [0, 0.1) is 0 Å². The minimum Gasteiger partial charge on any atom is -0.502 e. The first kappa shape index (κ1) is 10.1. The minimum absolute atomic E-state index is 0.115. The van der Waals surface area contributed by atoms with E-state index in [0.717, 1.165) is 5.56 Å². The van der Waals surface area contributed by atoms with Gasteiger partial charge in [0.15, 0.2) is 11.5 Å². The molecule has 0 amide bonds. The van der Waals surface area contributed by atoms with Crippen molar-refractivity contribution in [2.45, 2.75) is 25.2 Å². The van der Waals surface area contributed by atoms with Crippen LogP contribution >= 0.6 is 0 Å². The number of methoxy groups -OCH3 is 2. The van der Waals surface area contributed by atoms with Crippen LogP contribution in [0.5, 0.6) is 17.2 Å². The number of aromatic hydroxyl groups is 1. The lowest BCUT2D eigenvalue weighted by molar-refractivity contribution is 0.326. The first-order valence-corrected chi connectivity index (χ1v) is 5.21. The van der Waals surface area contributed by atoms with Crippen LogP contribution in [0.1, 0.15) is 30.7 Å². The van der Waals surface area contributed by atoms with Crippen LogP contribution in [0.25, 0.3) is 0 Å². The van der Waals surface area contributed by atoms with E-state index in [4.69, 9.17) is 9.47 Å². The maximum absolute atomic E-state index is 9.89. The van der Waals surface area contributed by atoms with Crippen LogP contribution in [0.2, 0.25) is 0 Å². The topological polar surface area (TPSA) is 38.7 Å². The molecule has 3 nitrogen and oxygen atoms in total. The van der Waals surface area contributed by atoms with Gasteiger partial charge < -0.3 is 14.6 Å². The zero-order chi connectivity index (χ0) is 10.8. The number of ether oxygens (including phenoxy) is 2. The number of phenolic OH excluding ortho intramolecular Hbond substituents is 1. The molecule has 1 N–H and O–H groups in total. The molecule has 1 saturated carbocycles. The molecule has 1 aliphatic rings. The van der Waals surface area contributed by atoms with Gasteiger partial charge in [-0.05, 0) is 24.8 Å². The molecule has 1 fully saturated rings. The number of hydrogen-bond acceptors (Lipinski definition) is 3. The van der Waals surface area contributed by atoms with Gasteiger partial charge in [-0.25, -0.2) is 0 Å². The Labute approximate surface area is 89.6 Å². The summed E-state index contributed by atoms with van der Waals surface area (Å²) in [6.45, 7) is 0. The highest BCUT2D eigenvalue weighted by atomic mass is 16.5. The third-order valence-electron chi connectivity index (χ3n) is 3.09. The van der Waals surface area contributed by atoms with Gasteiger partial charge in [-0.2, -0.15) is 0 Å². The highest BCUT2D eigenvalue weighted by Crippen LogP contribution is 2.47. The molecule has 0 bridgehead atoms. The first-order valence-electron chi connectivity index (χ1n) is 5.21. The maximum atomic E-state index is 9.89. The molecule has 82 valence electrons. The number of phenols is 1. The van der Waals surface area contributed by atoms with Crippen LogP contribution in [0.15, 0.2) is 12.1 Å². The summed E-state index contributed by atoms with van der Waals surface area (Å²) >= 11 is 0. The maximum Gasteiger partial charge on any atom is 0.201 e. The van der Waals surface area contributed by atoms with E-state index in [1.807, 2.05) is 6.07 Å². The number of rotatable bonds is 3. The van der Waals surface area contributed by atoms with Crippen LogP contribution in [0.3, 0.4) is 0 Å². The lowest BCUT2D eigenvalue weighted by Crippen LogP contribution is -2.10. The van der Waals surface area contributed by atoms with Crippen molar-refractivity contribution in [3.63, 3.8) is 0 Å². The van der Waals surface area contributed by atoms with Crippen molar-refractivity contribution in [1.82, 2.24) is 0 Å². The van der Waals surface area contributed by atoms with Crippen molar-refractivity contribution >= 4 is 0 Å². The van der Waals surface area contributed by atoms with E-state index < -0.39 is 0 Å². The predicted molar refractivity (Wildman–Crippen MR) is 57.8 cm³/mol. The Hall–Kier alpha value is -1.38. The summed E-state index contributed by atoms with van der Waals surface area (Å²) in [5.74, 6) is 1.69. The normalized spacial score (nSPS) is 15.9. The summed E-state index contributed by atoms with van der Waals surface area (Å²) in [7, 11) is 3.12. The first-order chi connectivity index (χ1) is 7.27. The van der Waals surface area contributed by atoms with Crippen molar-refractivity contribution in [3.8, 4) is 17.2 Å². The summed E-state index contributed by atoms with van der Waals surface area (Å²) in [6.07, 6.45) is 3.63. The van der Waals surface area contributed by atoms with E-state index in [1.54, 1.807) is 13.2 Å². The van der Waals surface area contributed by atoms with E-state index in [2.05, 4.69) is 0 Å². The zero-order valence-electron chi connectivity index (χ0n) is 9.12. The molecule has 1 aliphatic carbocycles. The van der Waals surface area contributed by atoms with E-state index in [1.165, 1.54) is 26.4 Å². The molecule has 0 unspecified atom stereocenters. The average molecular weight is 208 g/mol. The highest BCUT2D eigenvalue weighted by molar-refractivity contribution is 5.56. The second kappa shape index (κ2) is 4.01. The molecule has 0 aliphatic heterocycles. The Bertz CT molecular complexity index is 356. The molecule has 1 aromatic carbocycles. The van der Waals surface area contributed by atoms with Crippen molar-refractivity contribution in [2.24, 2.45) is 0 Å². The molecule has 1 aromatic rings. The van der Waals surface area contributed by atoms with Gasteiger partial charge in [-0.3, -0.25) is 0 Å². The Kier molecular flexibility index (Phi) is 2.71. The van der Waals surface area contributed by atoms with Crippen molar-refractivity contribution in [1.29, 1.82) is 0 Å². The van der Waals surface area contributed by atoms with Gasteiger partial charge in [0.2, 0.25) is 5.75 Å². The Morgan fingerprint density at radius 3 is 2.40 bits per heavy atom. The van der Waals surface area contributed by atoms with E-state index in [9.17, 15) is 5.11 Å². The Balaban J connectivity index is 2.41. The highest BCUT2D eigenvalue weighted by Gasteiger charge is 2.25. The molecule has 2 rings (SSSR count). The lowest BCUT2D eigenvalue weighted by atomic mass is 9.79. The van der Waals surface area contributed by atoms with Gasteiger partial charge in [0.1, 0.15) is 0 Å². The van der Waals surface area contributed by atoms with Crippen LogP contribution in [-0.2, 0) is 0 Å². The van der Waals surface area contributed by atoms with Crippen molar-refractivity contribution in [2.75, 3.05) is 14.2 Å². The summed E-state index contributed by atoms with van der Waals surface area (Å²) in [5, 5.41) is 9.89. The summed E-state index contributed by atoms with van der Waals surface area (Å²) < 4.78 is 10.3. The molecule has 3 heteroatoms. The molecule has 0 atom stereocenters. The van der Waals surface area contributed by atoms with Crippen molar-refractivity contribution in [3.05, 3.63) is 17.7 Å². The largest absolute Gasteiger partial charge is 0.502 e. The van der Waals surface area contributed by atoms with Gasteiger partial charge in [0.05, 0.1) is 14.2 Å². The van der Waals surface area contributed by atoms with Crippen molar-refractivity contribution < 1.29 is 14.6 Å². The standard InChI is InChI=1S/C12H16O3/c1-14-10-7-6-9(8-4-3-5-8)12(15-2)11(10)13/h6-8,13H,3-5H2,1-2H3. The van der Waals surface area contributed by atoms with Crippen LogP contribution in [0.4, 0.5) is 0 Å². The molecule has 0 saturated heterocycles. The second-order valence-corrected chi connectivity index (χ2v) is 3.87. The number of hydrogen-bond donors (Lipinski definition) is 1. The molecule has 0 aromatic heterocycles. The smallest absolute Gasteiger partial charge is 0.201 e. The summed E-state index contributed by atoms with van der Waals surface area (Å²) in [6, 6.07) is 3.78. The lowest BCUT2D eigenvalue weighted by Gasteiger charge is -2.27. The fraction of sp³-hybridized carbons (Fsp3) is 0.500.